The third-order valence-corrected chi connectivity index (χ3v) is 6.92. The zero-order valence-electron chi connectivity index (χ0n) is 16.4. The van der Waals surface area contributed by atoms with Gasteiger partial charge in [0.05, 0.1) is 34.5 Å². The fraction of sp³-hybridized carbons (Fsp3) is 0.318. The van der Waals surface area contributed by atoms with E-state index in [4.69, 9.17) is 4.98 Å². The minimum absolute atomic E-state index is 0.0200. The van der Waals surface area contributed by atoms with Crippen molar-refractivity contribution in [2.75, 3.05) is 26.2 Å². The number of thiazole rings is 1. The zero-order valence-corrected chi connectivity index (χ0v) is 17.2. The van der Waals surface area contributed by atoms with Gasteiger partial charge in [-0.3, -0.25) is 14.6 Å². The molecule has 0 N–H and O–H groups in total. The van der Waals surface area contributed by atoms with Gasteiger partial charge in [0.2, 0.25) is 0 Å². The summed E-state index contributed by atoms with van der Waals surface area (Å²) in [5.74, 6) is 0. The van der Waals surface area contributed by atoms with Crippen molar-refractivity contribution < 1.29 is 0 Å². The molecule has 4 aromatic rings. The lowest BCUT2D eigenvalue weighted by Crippen LogP contribution is -2.48. The number of piperazine rings is 1. The van der Waals surface area contributed by atoms with Gasteiger partial charge in [0.1, 0.15) is 5.01 Å². The summed E-state index contributed by atoms with van der Waals surface area (Å²) in [5, 5.41) is 7.16. The van der Waals surface area contributed by atoms with Gasteiger partial charge in [-0.1, -0.05) is 30.3 Å². The van der Waals surface area contributed by atoms with E-state index in [-0.39, 0.29) is 5.56 Å². The topological polar surface area (TPSA) is 54.3 Å². The van der Waals surface area contributed by atoms with Crippen molar-refractivity contribution in [3.63, 3.8) is 0 Å². The monoisotopic (exact) mass is 405 g/mol. The highest BCUT2D eigenvalue weighted by Crippen LogP contribution is 2.29. The number of nitrogens with zero attached hydrogens (tertiary/aromatic N) is 5. The van der Waals surface area contributed by atoms with Crippen molar-refractivity contribution in [3.05, 3.63) is 70.1 Å². The van der Waals surface area contributed by atoms with Crippen molar-refractivity contribution in [1.29, 1.82) is 0 Å². The van der Waals surface area contributed by atoms with E-state index in [0.717, 1.165) is 42.5 Å². The molecule has 5 rings (SSSR count). The molecule has 1 atom stereocenters. The lowest BCUT2D eigenvalue weighted by atomic mass is 10.2. The number of hydrogen-bond acceptors (Lipinski definition) is 6. The summed E-state index contributed by atoms with van der Waals surface area (Å²) in [6.45, 7) is 6.51. The summed E-state index contributed by atoms with van der Waals surface area (Å²) in [7, 11) is 0. The molecule has 0 radical (unpaired) electrons. The average Bonchev–Trinajstić information content (AvgIpc) is 3.20. The standard InChI is InChI=1S/C22H23N5OS/c1-16(21-24-19-8-4-5-9-20(19)29-21)26-12-10-25(11-13-26)15-27-22(28)18-7-3-2-6-17(18)14-23-27/h2-9,14,16H,10-13,15H2,1H3/t16-/m1/s1. The molecular formula is C22H23N5OS. The molecule has 7 heteroatoms. The smallest absolute Gasteiger partial charge is 0.275 e. The summed E-state index contributed by atoms with van der Waals surface area (Å²) < 4.78 is 2.82. The van der Waals surface area contributed by atoms with Gasteiger partial charge >= 0.3 is 0 Å². The van der Waals surface area contributed by atoms with Gasteiger partial charge < -0.3 is 0 Å². The molecule has 3 heterocycles. The molecule has 0 spiro atoms. The molecule has 0 bridgehead atoms. The van der Waals surface area contributed by atoms with Crippen LogP contribution < -0.4 is 5.56 Å². The number of benzene rings is 2. The maximum atomic E-state index is 12.7. The molecular weight excluding hydrogens is 382 g/mol. The van der Waals surface area contributed by atoms with Crippen molar-refractivity contribution >= 4 is 32.3 Å². The molecule has 0 aliphatic carbocycles. The number of rotatable bonds is 4. The van der Waals surface area contributed by atoms with Crippen molar-refractivity contribution in [2.24, 2.45) is 0 Å². The molecule has 0 unspecified atom stereocenters. The van der Waals surface area contributed by atoms with Gasteiger partial charge in [0.15, 0.2) is 0 Å². The second kappa shape index (κ2) is 7.67. The van der Waals surface area contributed by atoms with E-state index in [1.807, 2.05) is 30.3 Å². The Hall–Kier alpha value is -2.61. The molecule has 1 fully saturated rings. The Balaban J connectivity index is 1.26. The normalized spacial score (nSPS) is 17.1. The van der Waals surface area contributed by atoms with Gasteiger partial charge in [-0.15, -0.1) is 11.3 Å². The summed E-state index contributed by atoms with van der Waals surface area (Å²) >= 11 is 1.78. The van der Waals surface area contributed by atoms with E-state index in [0.29, 0.717) is 12.7 Å². The van der Waals surface area contributed by atoms with Gasteiger partial charge in [0, 0.05) is 31.6 Å². The minimum Gasteiger partial charge on any atom is -0.292 e. The number of para-hydroxylation sites is 1. The first kappa shape index (κ1) is 18.4. The van der Waals surface area contributed by atoms with E-state index in [2.05, 4.69) is 40.0 Å². The maximum absolute atomic E-state index is 12.7. The van der Waals surface area contributed by atoms with Crippen LogP contribution in [0, 0.1) is 0 Å². The summed E-state index contributed by atoms with van der Waals surface area (Å²) in [4.78, 5) is 22.3. The number of hydrogen-bond donors (Lipinski definition) is 0. The molecule has 1 aliphatic rings. The van der Waals surface area contributed by atoms with Crippen LogP contribution in [-0.4, -0.2) is 50.7 Å². The van der Waals surface area contributed by atoms with Gasteiger partial charge in [0.25, 0.3) is 5.56 Å². The molecule has 29 heavy (non-hydrogen) atoms. The molecule has 0 amide bonds. The Bertz CT molecular complexity index is 1180. The Labute approximate surface area is 173 Å². The highest BCUT2D eigenvalue weighted by atomic mass is 32.1. The maximum Gasteiger partial charge on any atom is 0.275 e. The van der Waals surface area contributed by atoms with Crippen LogP contribution in [0.15, 0.2) is 59.5 Å². The lowest BCUT2D eigenvalue weighted by molar-refractivity contribution is 0.0781. The molecule has 6 nitrogen and oxygen atoms in total. The lowest BCUT2D eigenvalue weighted by Gasteiger charge is -2.37. The molecule has 0 saturated carbocycles. The van der Waals surface area contributed by atoms with Crippen LogP contribution in [0.3, 0.4) is 0 Å². The zero-order chi connectivity index (χ0) is 19.8. The van der Waals surface area contributed by atoms with E-state index in [9.17, 15) is 4.79 Å². The fourth-order valence-electron chi connectivity index (χ4n) is 3.93. The Morgan fingerprint density at radius 1 is 1.03 bits per heavy atom. The van der Waals surface area contributed by atoms with Crippen molar-refractivity contribution in [1.82, 2.24) is 24.6 Å². The van der Waals surface area contributed by atoms with E-state index in [1.54, 1.807) is 22.2 Å². The first-order chi connectivity index (χ1) is 14.2. The Morgan fingerprint density at radius 3 is 2.62 bits per heavy atom. The van der Waals surface area contributed by atoms with E-state index >= 15 is 0 Å². The van der Waals surface area contributed by atoms with Gasteiger partial charge in [-0.25, -0.2) is 9.67 Å². The molecule has 148 valence electrons. The molecule has 1 saturated heterocycles. The van der Waals surface area contributed by atoms with Crippen LogP contribution >= 0.6 is 11.3 Å². The van der Waals surface area contributed by atoms with Gasteiger partial charge in [-0.05, 0) is 25.1 Å². The summed E-state index contributed by atoms with van der Waals surface area (Å²) in [6, 6.07) is 16.2. The summed E-state index contributed by atoms with van der Waals surface area (Å²) in [5.41, 5.74) is 1.06. The molecule has 2 aromatic carbocycles. The highest BCUT2D eigenvalue weighted by molar-refractivity contribution is 7.18. The van der Waals surface area contributed by atoms with Crippen LogP contribution in [-0.2, 0) is 6.67 Å². The quantitative estimate of drug-likeness (QED) is 0.521. The van der Waals surface area contributed by atoms with Crippen molar-refractivity contribution in [3.8, 4) is 0 Å². The molecule has 2 aromatic heterocycles. The first-order valence-electron chi connectivity index (χ1n) is 9.96. The second-order valence-electron chi connectivity index (χ2n) is 7.53. The highest BCUT2D eigenvalue weighted by Gasteiger charge is 2.24. The van der Waals surface area contributed by atoms with Crippen LogP contribution in [0.25, 0.3) is 21.0 Å². The third kappa shape index (κ3) is 3.57. The Kier molecular flexibility index (Phi) is 4.87. The van der Waals surface area contributed by atoms with Crippen LogP contribution in [0.1, 0.15) is 18.0 Å². The largest absolute Gasteiger partial charge is 0.292 e. The fourth-order valence-corrected chi connectivity index (χ4v) is 4.99. The second-order valence-corrected chi connectivity index (χ2v) is 8.59. The average molecular weight is 406 g/mol. The SMILES string of the molecule is C[C@H](c1nc2ccccc2s1)N1CCN(Cn2ncc3ccccc3c2=O)CC1. The van der Waals surface area contributed by atoms with Crippen LogP contribution in [0.4, 0.5) is 0 Å². The predicted molar refractivity (Wildman–Crippen MR) is 117 cm³/mol. The van der Waals surface area contributed by atoms with Crippen LogP contribution in [0.2, 0.25) is 0 Å². The molecule has 1 aliphatic heterocycles. The van der Waals surface area contributed by atoms with E-state index in [1.165, 1.54) is 9.71 Å². The number of aromatic nitrogens is 3. The predicted octanol–water partition coefficient (Wildman–Crippen LogP) is 3.34. The minimum atomic E-state index is -0.0200. The van der Waals surface area contributed by atoms with Gasteiger partial charge in [-0.2, -0.15) is 5.10 Å². The van der Waals surface area contributed by atoms with Crippen LogP contribution in [0.5, 0.6) is 0 Å². The van der Waals surface area contributed by atoms with E-state index < -0.39 is 0 Å². The first-order valence-corrected chi connectivity index (χ1v) is 10.8. The Morgan fingerprint density at radius 2 is 1.79 bits per heavy atom. The number of fused-ring (bicyclic) bond motifs is 2. The van der Waals surface area contributed by atoms with Crippen molar-refractivity contribution in [2.45, 2.75) is 19.6 Å². The summed E-state index contributed by atoms with van der Waals surface area (Å²) in [6.07, 6.45) is 1.78. The third-order valence-electron chi connectivity index (χ3n) is 5.72.